The van der Waals surface area contributed by atoms with Crippen LogP contribution in [0.5, 0.6) is 0 Å². The van der Waals surface area contributed by atoms with Gasteiger partial charge in [-0.1, -0.05) is 0 Å². The Labute approximate surface area is 101 Å². The molecule has 2 saturated heterocycles. The first kappa shape index (κ1) is 12.1. The summed E-state index contributed by atoms with van der Waals surface area (Å²) in [5, 5.41) is 0. The minimum Gasteiger partial charge on any atom is -0.437 e. The Bertz CT molecular complexity index is 154. The van der Waals surface area contributed by atoms with E-state index < -0.39 is 65.4 Å². The molecule has 0 bridgehead atoms. The first-order valence-corrected chi connectivity index (χ1v) is 17.6. The third-order valence-corrected chi connectivity index (χ3v) is 34.2. The average Bonchev–Trinajstić information content (AvgIpc) is 2.18. The number of hydrogen-bond acceptors (Lipinski definition) is 7. The van der Waals surface area contributed by atoms with E-state index in [4.69, 9.17) is 24.7 Å². The molecule has 2 rings (SSSR count). The van der Waals surface area contributed by atoms with Gasteiger partial charge in [-0.3, -0.25) is 0 Å². The molecule has 0 spiro atoms. The van der Waals surface area contributed by atoms with E-state index in [2.05, 4.69) is 0 Å². The Morgan fingerprint density at radius 3 is 2.36 bits per heavy atom. The summed E-state index contributed by atoms with van der Waals surface area (Å²) in [5.41, 5.74) is 0. The highest BCUT2D eigenvalue weighted by Crippen LogP contribution is 2.13. The number of rotatable bonds is 1. The van der Waals surface area contributed by atoms with E-state index in [1.807, 2.05) is 10.7 Å². The predicted molar refractivity (Wildman–Crippen MR) is 71.1 cm³/mol. The monoisotopic (exact) mass is 336 g/mol. The zero-order valence-corrected chi connectivity index (χ0v) is 17.7. The summed E-state index contributed by atoms with van der Waals surface area (Å²) >= 11 is 0. The maximum Gasteiger partial charge on any atom is 0.323 e. The van der Waals surface area contributed by atoms with Crippen LogP contribution in [-0.2, 0) is 24.7 Å². The Hall–Kier alpha value is 1.63. The normalized spacial score (nSPS) is 44.6. The first-order chi connectivity index (χ1) is 6.97. The van der Waals surface area contributed by atoms with E-state index in [1.165, 1.54) is 0 Å². The highest BCUT2D eigenvalue weighted by Gasteiger charge is 2.33. The van der Waals surface area contributed by atoms with Crippen molar-refractivity contribution in [1.82, 2.24) is 0 Å². The van der Waals surface area contributed by atoms with Crippen LogP contribution in [0.25, 0.3) is 0 Å². The minimum atomic E-state index is -1.45. The molecule has 1 unspecified atom stereocenters. The summed E-state index contributed by atoms with van der Waals surface area (Å²) < 4.78 is 33.2. The highest BCUT2D eigenvalue weighted by atomic mass is 32.5. The highest BCUT2D eigenvalue weighted by molar-refractivity contribution is 8.45. The Morgan fingerprint density at radius 2 is 1.50 bits per heavy atom. The molecule has 2 fully saturated rings. The summed E-state index contributed by atoms with van der Waals surface area (Å²) in [6.45, 7) is 0. The molecule has 2 heterocycles. The van der Waals surface area contributed by atoms with Crippen molar-refractivity contribution >= 4 is 76.1 Å². The summed E-state index contributed by atoms with van der Waals surface area (Å²) in [7, 11) is -4.14. The Balaban J connectivity index is 1.80. The lowest BCUT2D eigenvalue weighted by molar-refractivity contribution is 0.332. The maximum atomic E-state index is 5.83. The third kappa shape index (κ3) is 3.89. The van der Waals surface area contributed by atoms with Gasteiger partial charge in [0.25, 0.3) is 47.7 Å². The van der Waals surface area contributed by atoms with Crippen LogP contribution in [0.1, 0.15) is 0 Å². The summed E-state index contributed by atoms with van der Waals surface area (Å²) in [5.74, 6) is 0. The molecule has 0 radical (unpaired) electrons. The molecule has 0 aromatic heterocycles. The standard InChI is InChI=1S/H12O6SSi7/c1-8-3-12-7-14(6-11-1)13-4-9-2-10-5-13/h13-14H,8-12H2. The molecule has 14 heteroatoms. The van der Waals surface area contributed by atoms with Gasteiger partial charge < -0.3 is 24.7 Å². The zero-order valence-electron chi connectivity index (χ0n) is 7.55. The van der Waals surface area contributed by atoms with Gasteiger partial charge in [-0.25, -0.2) is 0 Å². The largest absolute Gasteiger partial charge is 0.437 e. The summed E-state index contributed by atoms with van der Waals surface area (Å²) in [6, 6.07) is 0. The van der Waals surface area contributed by atoms with Crippen molar-refractivity contribution in [2.75, 3.05) is 0 Å². The summed E-state index contributed by atoms with van der Waals surface area (Å²) in [4.78, 5) is 0. The molecular formula is H12O6SSi7. The maximum absolute atomic E-state index is 5.83. The molecule has 0 aromatic carbocycles. The molecule has 0 amide bonds. The van der Waals surface area contributed by atoms with Gasteiger partial charge in [-0.2, -0.15) is 10.7 Å². The molecule has 0 aliphatic carbocycles. The van der Waals surface area contributed by atoms with Crippen LogP contribution in [0.3, 0.4) is 0 Å². The molecule has 82 valence electrons. The van der Waals surface area contributed by atoms with Gasteiger partial charge in [0.05, 0.1) is 0 Å². The Kier molecular flexibility index (Phi) is 6.09. The van der Waals surface area contributed by atoms with E-state index in [0.29, 0.717) is 0 Å². The van der Waals surface area contributed by atoms with Gasteiger partial charge in [0, 0.05) is 0 Å². The first-order valence-electron chi connectivity index (χ1n) is 4.16. The average molecular weight is 337 g/mol. The smallest absolute Gasteiger partial charge is 0.323 e. The van der Waals surface area contributed by atoms with Gasteiger partial charge >= 0.3 is 8.80 Å². The topological polar surface area (TPSA) is 55.4 Å². The van der Waals surface area contributed by atoms with Crippen LogP contribution in [0, 0.1) is 0 Å². The van der Waals surface area contributed by atoms with Gasteiger partial charge in [-0.15, -0.1) is 0 Å². The van der Waals surface area contributed by atoms with Crippen molar-refractivity contribution in [1.29, 1.82) is 0 Å². The summed E-state index contributed by atoms with van der Waals surface area (Å²) in [6.07, 6.45) is 0. The SMILES string of the molecule is O1[SiH2]O[SiH]([SiH]2O[SiH2]O[SiH2]O[SiH2]S2)O[SiH2]1. The fraction of sp³-hybridized carbons (Fsp3) is 0. The fourth-order valence-electron chi connectivity index (χ4n) is 1.03. The van der Waals surface area contributed by atoms with Gasteiger partial charge in [0.15, 0.2) is 0 Å². The molecule has 6 nitrogen and oxygen atoms in total. The van der Waals surface area contributed by atoms with E-state index in [1.54, 1.807) is 0 Å². The molecule has 0 N–H and O–H groups in total. The molecule has 1 atom stereocenters. The molecule has 2 aliphatic rings. The Morgan fingerprint density at radius 1 is 0.786 bits per heavy atom. The van der Waals surface area contributed by atoms with Gasteiger partial charge in [-0.05, 0) is 0 Å². The minimum absolute atomic E-state index is 0.464. The van der Waals surface area contributed by atoms with Crippen LogP contribution in [0.4, 0.5) is 0 Å². The quantitative estimate of drug-likeness (QED) is 0.443. The number of hydrogen-bond donors (Lipinski definition) is 0. The fourth-order valence-corrected chi connectivity index (χ4v) is 41.4. The van der Waals surface area contributed by atoms with Crippen LogP contribution >= 0.6 is 10.7 Å². The van der Waals surface area contributed by atoms with Crippen molar-refractivity contribution in [2.24, 2.45) is 0 Å². The molecule has 0 aromatic rings. The van der Waals surface area contributed by atoms with Gasteiger partial charge in [0.2, 0.25) is 8.91 Å². The van der Waals surface area contributed by atoms with E-state index in [-0.39, 0.29) is 0 Å². The molecule has 0 saturated carbocycles. The van der Waals surface area contributed by atoms with Crippen molar-refractivity contribution < 1.29 is 24.7 Å². The third-order valence-electron chi connectivity index (χ3n) is 1.65. The van der Waals surface area contributed by atoms with Crippen LogP contribution < -0.4 is 0 Å². The lowest BCUT2D eigenvalue weighted by Crippen LogP contribution is -2.49. The second kappa shape index (κ2) is 7.05. The van der Waals surface area contributed by atoms with E-state index >= 15 is 0 Å². The van der Waals surface area contributed by atoms with Crippen molar-refractivity contribution in [3.63, 3.8) is 0 Å². The van der Waals surface area contributed by atoms with E-state index in [9.17, 15) is 0 Å². The second-order valence-corrected chi connectivity index (χ2v) is 25.5. The molecule has 14 heavy (non-hydrogen) atoms. The predicted octanol–water partition coefficient (Wildman–Crippen LogP) is -5.64. The van der Waals surface area contributed by atoms with Crippen LogP contribution in [0.2, 0.25) is 0 Å². The lowest BCUT2D eigenvalue weighted by Gasteiger charge is -2.28. The zero-order chi connectivity index (χ0) is 9.64. The van der Waals surface area contributed by atoms with Crippen molar-refractivity contribution in [3.8, 4) is 0 Å². The van der Waals surface area contributed by atoms with Crippen molar-refractivity contribution in [2.45, 2.75) is 0 Å². The van der Waals surface area contributed by atoms with Gasteiger partial charge in [0.1, 0.15) is 0 Å². The van der Waals surface area contributed by atoms with E-state index in [0.717, 1.165) is 0 Å². The molecular weight excluding hydrogens is 325 g/mol. The second-order valence-electron chi connectivity index (χ2n) is 2.61. The van der Waals surface area contributed by atoms with Crippen LogP contribution in [0.15, 0.2) is 0 Å². The lowest BCUT2D eigenvalue weighted by atomic mass is 15.7. The molecule has 2 aliphatic heterocycles. The van der Waals surface area contributed by atoms with Crippen molar-refractivity contribution in [3.05, 3.63) is 0 Å². The van der Waals surface area contributed by atoms with Crippen LogP contribution in [-0.4, -0.2) is 65.4 Å².